The van der Waals surface area contributed by atoms with Crippen LogP contribution in [0, 0.1) is 5.92 Å². The smallest absolute Gasteiger partial charge is 0.273 e. The molecule has 6 heteroatoms. The number of hydrogen-bond donors (Lipinski definition) is 1. The molecule has 1 N–H and O–H groups in total. The van der Waals surface area contributed by atoms with Gasteiger partial charge in [-0.25, -0.2) is 4.98 Å². The quantitative estimate of drug-likeness (QED) is 0.938. The van der Waals surface area contributed by atoms with Crippen LogP contribution < -0.4 is 0 Å². The zero-order chi connectivity index (χ0) is 15.1. The zero-order valence-electron chi connectivity index (χ0n) is 12.1. The van der Waals surface area contributed by atoms with Crippen LogP contribution in [0.25, 0.3) is 0 Å². The molecule has 0 aliphatic carbocycles. The van der Waals surface area contributed by atoms with Gasteiger partial charge in [0.05, 0.1) is 5.51 Å². The van der Waals surface area contributed by atoms with Gasteiger partial charge in [-0.15, -0.1) is 11.3 Å². The number of fused-ring (bicyclic) bond motifs is 1. The lowest BCUT2D eigenvalue weighted by Crippen LogP contribution is -2.54. The fourth-order valence-electron chi connectivity index (χ4n) is 3.41. The van der Waals surface area contributed by atoms with Crippen molar-refractivity contribution < 1.29 is 9.90 Å². The highest BCUT2D eigenvalue weighted by atomic mass is 32.1. The Kier molecular flexibility index (Phi) is 3.35. The van der Waals surface area contributed by atoms with Gasteiger partial charge in [0.1, 0.15) is 11.4 Å². The molecule has 0 saturated carbocycles. The summed E-state index contributed by atoms with van der Waals surface area (Å²) in [7, 11) is 0. The van der Waals surface area contributed by atoms with E-state index in [1.54, 1.807) is 17.6 Å². The van der Waals surface area contributed by atoms with Gasteiger partial charge in [-0.2, -0.15) is 0 Å². The summed E-state index contributed by atoms with van der Waals surface area (Å²) < 4.78 is 0. The van der Waals surface area contributed by atoms with E-state index in [2.05, 4.69) is 9.88 Å². The Morgan fingerprint density at radius 2 is 2.09 bits per heavy atom. The number of amides is 1. The monoisotopic (exact) mass is 315 g/mol. The van der Waals surface area contributed by atoms with Crippen molar-refractivity contribution in [1.29, 1.82) is 0 Å². The lowest BCUT2D eigenvalue weighted by Gasteiger charge is -2.43. The molecule has 2 saturated heterocycles. The molecule has 0 spiro atoms. The first kappa shape index (κ1) is 13.7. The van der Waals surface area contributed by atoms with Crippen molar-refractivity contribution >= 4 is 17.2 Å². The van der Waals surface area contributed by atoms with Crippen LogP contribution in [-0.4, -0.2) is 51.5 Å². The number of thiazole rings is 1. The number of phenols is 1. The molecule has 4 rings (SSSR count). The Bertz CT molecular complexity index is 671. The molecule has 0 bridgehead atoms. The number of aromatic nitrogens is 1. The van der Waals surface area contributed by atoms with Crippen molar-refractivity contribution in [2.24, 2.45) is 5.92 Å². The van der Waals surface area contributed by atoms with E-state index in [0.717, 1.165) is 26.2 Å². The first-order valence-corrected chi connectivity index (χ1v) is 8.34. The zero-order valence-corrected chi connectivity index (χ0v) is 12.9. The molecule has 2 aliphatic rings. The minimum absolute atomic E-state index is 0.0558. The minimum Gasteiger partial charge on any atom is -0.508 e. The predicted octanol–water partition coefficient (Wildman–Crippen LogP) is 1.81. The summed E-state index contributed by atoms with van der Waals surface area (Å²) in [5.74, 6) is 0.936. The fraction of sp³-hybridized carbons (Fsp3) is 0.375. The van der Waals surface area contributed by atoms with E-state index < -0.39 is 0 Å². The predicted molar refractivity (Wildman–Crippen MR) is 83.8 cm³/mol. The number of carbonyl (C=O) groups excluding carboxylic acids is 1. The third-order valence-corrected chi connectivity index (χ3v) is 5.19. The van der Waals surface area contributed by atoms with Crippen molar-refractivity contribution in [2.75, 3.05) is 19.6 Å². The van der Waals surface area contributed by atoms with Crippen LogP contribution in [0.15, 0.2) is 35.2 Å². The van der Waals surface area contributed by atoms with Gasteiger partial charge in [0, 0.05) is 43.5 Å². The summed E-state index contributed by atoms with van der Waals surface area (Å²) in [4.78, 5) is 20.8. The molecule has 0 radical (unpaired) electrons. The fourth-order valence-corrected chi connectivity index (χ4v) is 3.94. The molecule has 2 atom stereocenters. The van der Waals surface area contributed by atoms with Gasteiger partial charge in [0.2, 0.25) is 0 Å². The maximum absolute atomic E-state index is 12.4. The first-order valence-electron chi connectivity index (χ1n) is 7.40. The molecule has 1 amide bonds. The summed E-state index contributed by atoms with van der Waals surface area (Å²) in [6.07, 6.45) is 0. The molecule has 22 heavy (non-hydrogen) atoms. The molecule has 2 aliphatic heterocycles. The van der Waals surface area contributed by atoms with Crippen LogP contribution in [0.5, 0.6) is 5.75 Å². The number of phenolic OH excluding ortho intramolecular Hbond substituents is 1. The lowest BCUT2D eigenvalue weighted by atomic mass is 9.91. The van der Waals surface area contributed by atoms with Crippen LogP contribution >= 0.6 is 11.3 Å². The highest BCUT2D eigenvalue weighted by molar-refractivity contribution is 7.07. The number of aromatic hydroxyl groups is 1. The Balaban J connectivity index is 1.39. The summed E-state index contributed by atoms with van der Waals surface area (Å²) in [6.45, 7) is 3.54. The van der Waals surface area contributed by atoms with Crippen LogP contribution in [0.2, 0.25) is 0 Å². The van der Waals surface area contributed by atoms with E-state index in [1.807, 2.05) is 22.4 Å². The molecule has 5 nitrogen and oxygen atoms in total. The molecule has 0 unspecified atom stereocenters. The summed E-state index contributed by atoms with van der Waals surface area (Å²) in [5, 5.41) is 11.2. The summed E-state index contributed by atoms with van der Waals surface area (Å²) in [5.41, 5.74) is 3.46. The molecular formula is C16H17N3O2S. The second kappa shape index (κ2) is 5.37. The lowest BCUT2D eigenvalue weighted by molar-refractivity contribution is 0.0433. The number of hydrogen-bond acceptors (Lipinski definition) is 5. The van der Waals surface area contributed by atoms with Gasteiger partial charge in [0.25, 0.3) is 5.91 Å². The SMILES string of the molecule is O=C(c1cscn1)N1C[C@@H]2CN(Cc3ccc(O)cc3)[C@@H]2C1. The molecule has 1 aromatic heterocycles. The normalized spacial score (nSPS) is 24.1. The number of likely N-dealkylation sites (tertiary alicyclic amines) is 2. The maximum atomic E-state index is 12.4. The van der Waals surface area contributed by atoms with Crippen molar-refractivity contribution in [3.05, 3.63) is 46.4 Å². The molecule has 3 heterocycles. The van der Waals surface area contributed by atoms with Crippen LogP contribution in [0.3, 0.4) is 0 Å². The van der Waals surface area contributed by atoms with E-state index in [1.165, 1.54) is 16.9 Å². The number of nitrogens with zero attached hydrogens (tertiary/aromatic N) is 3. The molecule has 2 fully saturated rings. The Morgan fingerprint density at radius 3 is 2.82 bits per heavy atom. The van der Waals surface area contributed by atoms with Gasteiger partial charge in [-0.05, 0) is 17.7 Å². The van der Waals surface area contributed by atoms with Gasteiger partial charge >= 0.3 is 0 Å². The van der Waals surface area contributed by atoms with E-state index in [9.17, 15) is 9.90 Å². The van der Waals surface area contributed by atoms with Crippen molar-refractivity contribution in [1.82, 2.24) is 14.8 Å². The second-order valence-corrected chi connectivity index (χ2v) is 6.73. The van der Waals surface area contributed by atoms with Gasteiger partial charge < -0.3 is 10.0 Å². The Labute approximate surface area is 132 Å². The van der Waals surface area contributed by atoms with Gasteiger partial charge in [-0.3, -0.25) is 9.69 Å². The van der Waals surface area contributed by atoms with E-state index in [-0.39, 0.29) is 5.91 Å². The topological polar surface area (TPSA) is 56.7 Å². The highest BCUT2D eigenvalue weighted by Gasteiger charge is 2.46. The van der Waals surface area contributed by atoms with Gasteiger partial charge in [0.15, 0.2) is 0 Å². The third kappa shape index (κ3) is 2.38. The van der Waals surface area contributed by atoms with Crippen LogP contribution in [-0.2, 0) is 6.54 Å². The Hall–Kier alpha value is -1.92. The maximum Gasteiger partial charge on any atom is 0.273 e. The van der Waals surface area contributed by atoms with E-state index in [0.29, 0.717) is 23.4 Å². The standard InChI is InChI=1S/C16H17N3O2S/c20-13-3-1-11(2-4-13)5-18-6-12-7-19(8-15(12)18)16(21)14-9-22-10-17-14/h1-4,9-10,12,15,20H,5-8H2/t12-,15+/m0/s1. The number of benzene rings is 1. The number of rotatable bonds is 3. The summed E-state index contributed by atoms with van der Waals surface area (Å²) >= 11 is 1.46. The van der Waals surface area contributed by atoms with Crippen LogP contribution in [0.1, 0.15) is 16.1 Å². The van der Waals surface area contributed by atoms with Crippen molar-refractivity contribution in [2.45, 2.75) is 12.6 Å². The Morgan fingerprint density at radius 1 is 1.27 bits per heavy atom. The molecule has 2 aromatic rings. The van der Waals surface area contributed by atoms with E-state index >= 15 is 0 Å². The van der Waals surface area contributed by atoms with Crippen molar-refractivity contribution in [3.63, 3.8) is 0 Å². The third-order valence-electron chi connectivity index (χ3n) is 4.61. The van der Waals surface area contributed by atoms with Crippen molar-refractivity contribution in [3.8, 4) is 5.75 Å². The van der Waals surface area contributed by atoms with Crippen LogP contribution in [0.4, 0.5) is 0 Å². The average Bonchev–Trinajstić information content (AvgIpc) is 3.14. The average molecular weight is 315 g/mol. The molecular weight excluding hydrogens is 298 g/mol. The number of carbonyl (C=O) groups is 1. The molecule has 1 aromatic carbocycles. The highest BCUT2D eigenvalue weighted by Crippen LogP contribution is 2.34. The summed E-state index contributed by atoms with van der Waals surface area (Å²) in [6, 6.07) is 7.81. The largest absolute Gasteiger partial charge is 0.508 e. The minimum atomic E-state index is 0.0558. The van der Waals surface area contributed by atoms with E-state index in [4.69, 9.17) is 0 Å². The first-order chi connectivity index (χ1) is 10.7. The molecule has 114 valence electrons. The van der Waals surface area contributed by atoms with Gasteiger partial charge in [-0.1, -0.05) is 12.1 Å². The second-order valence-electron chi connectivity index (χ2n) is 6.01.